The van der Waals surface area contributed by atoms with Crippen LogP contribution in [0.15, 0.2) is 29.6 Å². The highest BCUT2D eigenvalue weighted by Gasteiger charge is 2.23. The van der Waals surface area contributed by atoms with Crippen molar-refractivity contribution in [2.75, 3.05) is 17.7 Å². The number of hydrogen-bond donors (Lipinski definition) is 3. The first kappa shape index (κ1) is 17.9. The molecular formula is C17H18N4O4S. The van der Waals surface area contributed by atoms with Gasteiger partial charge in [-0.1, -0.05) is 0 Å². The highest BCUT2D eigenvalue weighted by Crippen LogP contribution is 2.20. The standard InChI is InChI=1S/C17H18N4O4S/c1-25-14(22)8-13-9-26-17(20-13)21-15(23)10-2-4-11(5-3-10)18-16(24)19-12-6-7-12/h2-5,9,12H,6-8H2,1H3,(H2,18,19,24)(H,20,21,23). The summed E-state index contributed by atoms with van der Waals surface area (Å²) >= 11 is 1.23. The number of thiazole rings is 1. The number of carbonyl (C=O) groups excluding carboxylic acids is 3. The number of hydrogen-bond acceptors (Lipinski definition) is 6. The number of amides is 3. The molecule has 0 saturated heterocycles. The van der Waals surface area contributed by atoms with Crippen molar-refractivity contribution in [3.63, 3.8) is 0 Å². The Labute approximate surface area is 154 Å². The average molecular weight is 374 g/mol. The lowest BCUT2D eigenvalue weighted by atomic mass is 10.2. The SMILES string of the molecule is COC(=O)Cc1csc(NC(=O)c2ccc(NC(=O)NC3CC3)cc2)n1. The zero-order valence-corrected chi connectivity index (χ0v) is 14.9. The topological polar surface area (TPSA) is 109 Å². The van der Waals surface area contributed by atoms with Gasteiger partial charge in [0.25, 0.3) is 5.91 Å². The summed E-state index contributed by atoms with van der Waals surface area (Å²) in [6, 6.07) is 6.58. The van der Waals surface area contributed by atoms with Crippen LogP contribution in [0.4, 0.5) is 15.6 Å². The summed E-state index contributed by atoms with van der Waals surface area (Å²) in [5, 5.41) is 10.3. The first-order valence-corrected chi connectivity index (χ1v) is 8.91. The number of benzene rings is 1. The number of nitrogens with one attached hydrogen (secondary N) is 3. The van der Waals surface area contributed by atoms with Gasteiger partial charge >= 0.3 is 12.0 Å². The van der Waals surface area contributed by atoms with Crippen LogP contribution in [0.5, 0.6) is 0 Å². The van der Waals surface area contributed by atoms with Gasteiger partial charge in [0.2, 0.25) is 0 Å². The van der Waals surface area contributed by atoms with Crippen molar-refractivity contribution < 1.29 is 19.1 Å². The molecule has 8 nitrogen and oxygen atoms in total. The minimum Gasteiger partial charge on any atom is -0.469 e. The molecule has 9 heteroatoms. The normalized spacial score (nSPS) is 13.0. The molecule has 1 aromatic heterocycles. The summed E-state index contributed by atoms with van der Waals surface area (Å²) in [7, 11) is 1.31. The second-order valence-electron chi connectivity index (χ2n) is 5.80. The van der Waals surface area contributed by atoms with E-state index >= 15 is 0 Å². The average Bonchev–Trinajstić information content (AvgIpc) is 3.33. The van der Waals surface area contributed by atoms with Crippen molar-refractivity contribution in [1.82, 2.24) is 10.3 Å². The third-order valence-corrected chi connectivity index (χ3v) is 4.45. The van der Waals surface area contributed by atoms with Gasteiger partial charge in [-0.05, 0) is 37.1 Å². The third-order valence-electron chi connectivity index (χ3n) is 3.64. The predicted molar refractivity (Wildman–Crippen MR) is 97.4 cm³/mol. The molecular weight excluding hydrogens is 356 g/mol. The van der Waals surface area contributed by atoms with E-state index in [9.17, 15) is 14.4 Å². The van der Waals surface area contributed by atoms with E-state index in [1.807, 2.05) is 0 Å². The summed E-state index contributed by atoms with van der Waals surface area (Å²) < 4.78 is 4.58. The van der Waals surface area contributed by atoms with E-state index < -0.39 is 0 Å². The first-order valence-electron chi connectivity index (χ1n) is 8.03. The molecule has 0 atom stereocenters. The molecule has 3 amide bonds. The molecule has 0 spiro atoms. The smallest absolute Gasteiger partial charge is 0.319 e. The Kier molecular flexibility index (Phi) is 5.47. The minimum atomic E-state index is -0.387. The van der Waals surface area contributed by atoms with Crippen LogP contribution in [-0.2, 0) is 16.0 Å². The zero-order valence-electron chi connectivity index (χ0n) is 14.1. The highest BCUT2D eigenvalue weighted by atomic mass is 32.1. The molecule has 0 radical (unpaired) electrons. The zero-order chi connectivity index (χ0) is 18.5. The second kappa shape index (κ2) is 7.96. The van der Waals surface area contributed by atoms with Gasteiger partial charge in [-0.25, -0.2) is 9.78 Å². The summed E-state index contributed by atoms with van der Waals surface area (Å²) in [4.78, 5) is 39.3. The van der Waals surface area contributed by atoms with E-state index in [0.29, 0.717) is 22.1 Å². The van der Waals surface area contributed by atoms with Crippen molar-refractivity contribution in [1.29, 1.82) is 0 Å². The number of methoxy groups -OCH3 is 1. The van der Waals surface area contributed by atoms with E-state index in [1.54, 1.807) is 29.6 Å². The van der Waals surface area contributed by atoms with Crippen molar-refractivity contribution in [3.05, 3.63) is 40.9 Å². The van der Waals surface area contributed by atoms with Crippen molar-refractivity contribution in [2.45, 2.75) is 25.3 Å². The Hall–Kier alpha value is -2.94. The number of esters is 1. The number of aromatic nitrogens is 1. The highest BCUT2D eigenvalue weighted by molar-refractivity contribution is 7.14. The molecule has 2 aromatic rings. The Balaban J connectivity index is 1.54. The lowest BCUT2D eigenvalue weighted by Crippen LogP contribution is -2.30. The molecule has 26 heavy (non-hydrogen) atoms. The van der Waals surface area contributed by atoms with Crippen LogP contribution in [0.1, 0.15) is 28.9 Å². The maximum atomic E-state index is 12.3. The molecule has 1 aliphatic carbocycles. The Bertz CT molecular complexity index is 814. The van der Waals surface area contributed by atoms with Gasteiger partial charge in [-0.2, -0.15) is 0 Å². The third kappa shape index (κ3) is 5.03. The van der Waals surface area contributed by atoms with E-state index in [-0.39, 0.29) is 30.4 Å². The van der Waals surface area contributed by atoms with E-state index in [4.69, 9.17) is 0 Å². The molecule has 3 rings (SSSR count). The van der Waals surface area contributed by atoms with Gasteiger partial charge in [-0.3, -0.25) is 14.9 Å². The fourth-order valence-electron chi connectivity index (χ4n) is 2.12. The number of nitrogens with zero attached hydrogens (tertiary/aromatic N) is 1. The predicted octanol–water partition coefficient (Wildman–Crippen LogP) is 2.39. The molecule has 136 valence electrons. The van der Waals surface area contributed by atoms with E-state index in [0.717, 1.165) is 12.8 Å². The molecule has 1 fully saturated rings. The van der Waals surface area contributed by atoms with E-state index in [2.05, 4.69) is 25.7 Å². The van der Waals surface area contributed by atoms with Gasteiger partial charge in [-0.15, -0.1) is 11.3 Å². The molecule has 1 aliphatic rings. The lowest BCUT2D eigenvalue weighted by Gasteiger charge is -2.07. The van der Waals surface area contributed by atoms with Crippen molar-refractivity contribution >= 4 is 40.1 Å². The maximum Gasteiger partial charge on any atom is 0.319 e. The van der Waals surface area contributed by atoms with Crippen LogP contribution in [0.25, 0.3) is 0 Å². The fraction of sp³-hybridized carbons (Fsp3) is 0.294. The molecule has 1 aromatic carbocycles. The molecule has 3 N–H and O–H groups in total. The monoisotopic (exact) mass is 374 g/mol. The molecule has 0 aliphatic heterocycles. The molecule has 0 bridgehead atoms. The summed E-state index contributed by atoms with van der Waals surface area (Å²) in [6.07, 6.45) is 2.10. The number of urea groups is 1. The van der Waals surface area contributed by atoms with Crippen LogP contribution in [0.3, 0.4) is 0 Å². The maximum absolute atomic E-state index is 12.3. The Morgan fingerprint density at radius 2 is 1.92 bits per heavy atom. The van der Waals surface area contributed by atoms with Crippen molar-refractivity contribution in [2.24, 2.45) is 0 Å². The number of carbonyl (C=O) groups is 3. The lowest BCUT2D eigenvalue weighted by molar-refractivity contribution is -0.139. The number of ether oxygens (including phenoxy) is 1. The summed E-state index contributed by atoms with van der Waals surface area (Å²) in [5.74, 6) is -0.708. The number of rotatable bonds is 6. The summed E-state index contributed by atoms with van der Waals surface area (Å²) in [6.45, 7) is 0. The quantitative estimate of drug-likeness (QED) is 0.673. The second-order valence-corrected chi connectivity index (χ2v) is 6.66. The largest absolute Gasteiger partial charge is 0.469 e. The first-order chi connectivity index (χ1) is 12.5. The van der Waals surface area contributed by atoms with Gasteiger partial charge in [0.05, 0.1) is 19.2 Å². The Morgan fingerprint density at radius 3 is 2.58 bits per heavy atom. The number of anilines is 2. The minimum absolute atomic E-state index is 0.0617. The van der Waals surface area contributed by atoms with Crippen LogP contribution in [0.2, 0.25) is 0 Å². The molecule has 1 heterocycles. The van der Waals surface area contributed by atoms with Gasteiger partial charge in [0.15, 0.2) is 5.13 Å². The fourth-order valence-corrected chi connectivity index (χ4v) is 2.83. The van der Waals surface area contributed by atoms with Gasteiger partial charge in [0, 0.05) is 22.7 Å². The van der Waals surface area contributed by atoms with Crippen LogP contribution < -0.4 is 16.0 Å². The van der Waals surface area contributed by atoms with E-state index in [1.165, 1.54) is 18.4 Å². The van der Waals surface area contributed by atoms with Crippen LogP contribution >= 0.6 is 11.3 Å². The molecule has 0 unspecified atom stereocenters. The van der Waals surface area contributed by atoms with Gasteiger partial charge < -0.3 is 15.4 Å². The van der Waals surface area contributed by atoms with Crippen LogP contribution in [-0.4, -0.2) is 36.0 Å². The van der Waals surface area contributed by atoms with Crippen molar-refractivity contribution in [3.8, 4) is 0 Å². The van der Waals surface area contributed by atoms with Gasteiger partial charge in [0.1, 0.15) is 0 Å². The Morgan fingerprint density at radius 1 is 1.19 bits per heavy atom. The van der Waals surface area contributed by atoms with Crippen LogP contribution in [0, 0.1) is 0 Å². The molecule has 1 saturated carbocycles. The summed E-state index contributed by atoms with van der Waals surface area (Å²) in [5.41, 5.74) is 1.58.